The molecule has 6 heteroatoms. The van der Waals surface area contributed by atoms with E-state index in [0.29, 0.717) is 5.56 Å². The Morgan fingerprint density at radius 1 is 1.18 bits per heavy atom. The average molecular weight is 333 g/mol. The number of rotatable bonds is 3. The molecule has 0 aliphatic rings. The fourth-order valence-corrected chi connectivity index (χ4v) is 2.22. The van der Waals surface area contributed by atoms with Crippen LogP contribution in [0.1, 0.15) is 5.56 Å². The molecular formula is C16H10Cl2N2O2. The fraction of sp³-hybridized carbons (Fsp3) is 0. The monoisotopic (exact) mass is 332 g/mol. The molecule has 0 bridgehead atoms. The quantitative estimate of drug-likeness (QED) is 0.652. The second-order valence-electron chi connectivity index (χ2n) is 4.32. The van der Waals surface area contributed by atoms with Crippen LogP contribution in [0.25, 0.3) is 6.08 Å². The molecule has 22 heavy (non-hydrogen) atoms. The first-order chi connectivity index (χ1) is 10.5. The van der Waals surface area contributed by atoms with Crippen LogP contribution in [-0.2, 0) is 4.79 Å². The summed E-state index contributed by atoms with van der Waals surface area (Å²) in [6.07, 6.45) is 1.36. The zero-order valence-electron chi connectivity index (χ0n) is 11.2. The third kappa shape index (κ3) is 3.79. The van der Waals surface area contributed by atoms with Gasteiger partial charge < -0.3 is 10.4 Å². The lowest BCUT2D eigenvalue weighted by molar-refractivity contribution is -0.112. The lowest BCUT2D eigenvalue weighted by atomic mass is 10.1. The minimum Gasteiger partial charge on any atom is -0.508 e. The normalized spacial score (nSPS) is 10.9. The number of hydrogen-bond acceptors (Lipinski definition) is 3. The summed E-state index contributed by atoms with van der Waals surface area (Å²) in [7, 11) is 0. The number of nitrogens with zero attached hydrogens (tertiary/aromatic N) is 1. The number of nitrogens with one attached hydrogen (secondary N) is 1. The van der Waals surface area contributed by atoms with Crippen molar-refractivity contribution >= 4 is 40.9 Å². The van der Waals surface area contributed by atoms with Gasteiger partial charge in [0, 0.05) is 0 Å². The number of carbonyl (C=O) groups excluding carboxylic acids is 1. The minimum atomic E-state index is -0.638. The number of aromatic hydroxyl groups is 1. The van der Waals surface area contributed by atoms with Crippen LogP contribution in [0.15, 0.2) is 48.0 Å². The van der Waals surface area contributed by atoms with Crippen LogP contribution >= 0.6 is 23.2 Å². The van der Waals surface area contributed by atoms with Crippen LogP contribution in [0, 0.1) is 11.3 Å². The number of carbonyl (C=O) groups is 1. The molecule has 2 aromatic carbocycles. The number of anilines is 1. The van der Waals surface area contributed by atoms with Crippen LogP contribution in [-0.4, -0.2) is 11.0 Å². The van der Waals surface area contributed by atoms with Crippen molar-refractivity contribution in [3.8, 4) is 11.8 Å². The first-order valence-corrected chi connectivity index (χ1v) is 6.93. The summed E-state index contributed by atoms with van der Waals surface area (Å²) in [6.45, 7) is 0. The number of halogens is 2. The van der Waals surface area contributed by atoms with Gasteiger partial charge >= 0.3 is 0 Å². The van der Waals surface area contributed by atoms with Crippen molar-refractivity contribution in [1.82, 2.24) is 0 Å². The summed E-state index contributed by atoms with van der Waals surface area (Å²) in [5.41, 5.74) is 0.631. The summed E-state index contributed by atoms with van der Waals surface area (Å²) < 4.78 is 0. The summed E-state index contributed by atoms with van der Waals surface area (Å²) in [4.78, 5) is 12.2. The Bertz CT molecular complexity index is 775. The van der Waals surface area contributed by atoms with E-state index in [-0.39, 0.29) is 27.1 Å². The molecule has 0 heterocycles. The standard InChI is InChI=1S/C16H10Cl2N2O2/c17-13-5-2-6-14(18)15(13)20-16(22)11(9-19)7-10-3-1-4-12(21)8-10/h1-8,21H,(H,20,22). The van der Waals surface area contributed by atoms with E-state index >= 15 is 0 Å². The Morgan fingerprint density at radius 3 is 2.41 bits per heavy atom. The van der Waals surface area contributed by atoms with E-state index in [1.165, 1.54) is 18.2 Å². The van der Waals surface area contributed by atoms with E-state index in [1.807, 2.05) is 6.07 Å². The number of phenols is 1. The van der Waals surface area contributed by atoms with Gasteiger partial charge in [-0.15, -0.1) is 0 Å². The molecule has 0 saturated carbocycles. The predicted molar refractivity (Wildman–Crippen MR) is 86.8 cm³/mol. The molecule has 0 atom stereocenters. The van der Waals surface area contributed by atoms with Crippen molar-refractivity contribution in [1.29, 1.82) is 5.26 Å². The van der Waals surface area contributed by atoms with Gasteiger partial charge in [-0.3, -0.25) is 4.79 Å². The van der Waals surface area contributed by atoms with E-state index < -0.39 is 5.91 Å². The molecule has 0 radical (unpaired) electrons. The van der Waals surface area contributed by atoms with Gasteiger partial charge in [-0.1, -0.05) is 41.4 Å². The molecule has 0 aliphatic heterocycles. The van der Waals surface area contributed by atoms with E-state index in [0.717, 1.165) is 0 Å². The zero-order chi connectivity index (χ0) is 16.1. The summed E-state index contributed by atoms with van der Waals surface area (Å²) in [6, 6.07) is 12.8. The number of benzene rings is 2. The highest BCUT2D eigenvalue weighted by Gasteiger charge is 2.13. The molecule has 4 nitrogen and oxygen atoms in total. The van der Waals surface area contributed by atoms with E-state index in [2.05, 4.69) is 5.32 Å². The highest BCUT2D eigenvalue weighted by Crippen LogP contribution is 2.30. The Morgan fingerprint density at radius 2 is 1.82 bits per heavy atom. The number of nitriles is 1. The lowest BCUT2D eigenvalue weighted by Crippen LogP contribution is -2.14. The van der Waals surface area contributed by atoms with Gasteiger partial charge in [-0.25, -0.2) is 0 Å². The molecule has 2 rings (SSSR count). The predicted octanol–water partition coefficient (Wildman–Crippen LogP) is 4.24. The van der Waals surface area contributed by atoms with Crippen LogP contribution in [0.5, 0.6) is 5.75 Å². The third-order valence-corrected chi connectivity index (χ3v) is 3.38. The molecule has 0 spiro atoms. The topological polar surface area (TPSA) is 73.1 Å². The SMILES string of the molecule is N#CC(=Cc1cccc(O)c1)C(=O)Nc1c(Cl)cccc1Cl. The van der Waals surface area contributed by atoms with E-state index in [4.69, 9.17) is 28.5 Å². The zero-order valence-corrected chi connectivity index (χ0v) is 12.7. The molecule has 0 unspecified atom stereocenters. The molecule has 0 saturated heterocycles. The average Bonchev–Trinajstić information content (AvgIpc) is 2.48. The second-order valence-corrected chi connectivity index (χ2v) is 5.13. The minimum absolute atomic E-state index is 0.0422. The van der Waals surface area contributed by atoms with Crippen LogP contribution in [0.4, 0.5) is 5.69 Å². The summed E-state index contributed by atoms with van der Waals surface area (Å²) >= 11 is 11.9. The van der Waals surface area contributed by atoms with Gasteiger partial charge in [0.15, 0.2) is 0 Å². The maximum atomic E-state index is 12.2. The fourth-order valence-electron chi connectivity index (χ4n) is 1.73. The molecule has 110 valence electrons. The van der Waals surface area contributed by atoms with Crippen molar-refractivity contribution in [2.75, 3.05) is 5.32 Å². The van der Waals surface area contributed by atoms with Gasteiger partial charge in [0.2, 0.25) is 0 Å². The van der Waals surface area contributed by atoms with Crippen molar-refractivity contribution in [2.45, 2.75) is 0 Å². The van der Waals surface area contributed by atoms with Gasteiger partial charge in [0.1, 0.15) is 17.4 Å². The van der Waals surface area contributed by atoms with Crippen LogP contribution in [0.3, 0.4) is 0 Å². The highest BCUT2D eigenvalue weighted by molar-refractivity contribution is 6.40. The van der Waals surface area contributed by atoms with Gasteiger partial charge in [0.25, 0.3) is 5.91 Å². The van der Waals surface area contributed by atoms with Crippen LogP contribution < -0.4 is 5.32 Å². The van der Waals surface area contributed by atoms with Gasteiger partial charge in [-0.2, -0.15) is 5.26 Å². The Balaban J connectivity index is 2.29. The first kappa shape index (κ1) is 15.9. The van der Waals surface area contributed by atoms with Crippen LogP contribution in [0.2, 0.25) is 10.0 Å². The third-order valence-electron chi connectivity index (χ3n) is 2.75. The van der Waals surface area contributed by atoms with E-state index in [1.54, 1.807) is 30.3 Å². The number of phenolic OH excluding ortho intramolecular Hbond substituents is 1. The van der Waals surface area contributed by atoms with Crippen molar-refractivity contribution < 1.29 is 9.90 Å². The Hall–Kier alpha value is -2.48. The molecule has 1 amide bonds. The van der Waals surface area contributed by atoms with Gasteiger partial charge in [-0.05, 0) is 35.9 Å². The van der Waals surface area contributed by atoms with Crippen molar-refractivity contribution in [3.05, 3.63) is 63.6 Å². The molecule has 2 aromatic rings. The number of hydrogen-bond donors (Lipinski definition) is 2. The number of amides is 1. The molecule has 0 aliphatic carbocycles. The summed E-state index contributed by atoms with van der Waals surface area (Å²) in [5.74, 6) is -0.596. The smallest absolute Gasteiger partial charge is 0.266 e. The molecule has 0 fully saturated rings. The maximum absolute atomic E-state index is 12.2. The summed E-state index contributed by atoms with van der Waals surface area (Å²) in [5, 5.41) is 21.6. The number of para-hydroxylation sites is 1. The van der Waals surface area contributed by atoms with E-state index in [9.17, 15) is 9.90 Å². The van der Waals surface area contributed by atoms with Crippen molar-refractivity contribution in [3.63, 3.8) is 0 Å². The molecule has 0 aromatic heterocycles. The maximum Gasteiger partial charge on any atom is 0.266 e. The molecule has 2 N–H and O–H groups in total. The molecular weight excluding hydrogens is 323 g/mol. The van der Waals surface area contributed by atoms with Crippen molar-refractivity contribution in [2.24, 2.45) is 0 Å². The van der Waals surface area contributed by atoms with Gasteiger partial charge in [0.05, 0.1) is 15.7 Å². The Labute approximate surface area is 137 Å². The highest BCUT2D eigenvalue weighted by atomic mass is 35.5. The second kappa shape index (κ2) is 6.99. The largest absolute Gasteiger partial charge is 0.508 e. The Kier molecular flexibility index (Phi) is 5.05. The first-order valence-electron chi connectivity index (χ1n) is 6.17. The lowest BCUT2D eigenvalue weighted by Gasteiger charge is -2.08.